The summed E-state index contributed by atoms with van der Waals surface area (Å²) >= 11 is 7.07. The summed E-state index contributed by atoms with van der Waals surface area (Å²) in [7, 11) is 0. The molecule has 0 saturated heterocycles. The zero-order chi connectivity index (χ0) is 12.1. The summed E-state index contributed by atoms with van der Waals surface area (Å²) in [5.41, 5.74) is 1.22. The third-order valence-corrected chi connectivity index (χ3v) is 3.57. The van der Waals surface area contributed by atoms with Gasteiger partial charge in [0, 0.05) is 6.54 Å². The Labute approximate surface area is 109 Å². The number of hydrogen-bond acceptors (Lipinski definition) is 2. The number of nitrogens with one attached hydrogen (secondary N) is 1. The molecule has 0 unspecified atom stereocenters. The van der Waals surface area contributed by atoms with Gasteiger partial charge in [-0.15, -0.1) is 11.3 Å². The molecular formula is C13H12ClNOS. The lowest BCUT2D eigenvalue weighted by molar-refractivity contribution is 0.0958. The van der Waals surface area contributed by atoms with Crippen LogP contribution in [0, 0.1) is 0 Å². The minimum Gasteiger partial charge on any atom is -0.351 e. The molecule has 2 nitrogen and oxygen atoms in total. The Morgan fingerprint density at radius 3 is 2.59 bits per heavy atom. The summed E-state index contributed by atoms with van der Waals surface area (Å²) in [6.45, 7) is 0.637. The summed E-state index contributed by atoms with van der Waals surface area (Å²) in [5, 5.41) is 2.87. The van der Waals surface area contributed by atoms with Crippen molar-refractivity contribution in [2.24, 2.45) is 0 Å². The van der Waals surface area contributed by atoms with Crippen molar-refractivity contribution in [3.63, 3.8) is 0 Å². The van der Waals surface area contributed by atoms with Crippen molar-refractivity contribution in [2.45, 2.75) is 6.42 Å². The van der Waals surface area contributed by atoms with E-state index in [0.29, 0.717) is 15.8 Å². The van der Waals surface area contributed by atoms with Crippen molar-refractivity contribution >= 4 is 28.8 Å². The minimum absolute atomic E-state index is 0.0576. The van der Waals surface area contributed by atoms with Gasteiger partial charge in [-0.25, -0.2) is 0 Å². The second-order valence-electron chi connectivity index (χ2n) is 3.60. The summed E-state index contributed by atoms with van der Waals surface area (Å²) in [6.07, 6.45) is 0.839. The van der Waals surface area contributed by atoms with Crippen LogP contribution in [0.5, 0.6) is 0 Å². The molecule has 0 spiro atoms. The van der Waals surface area contributed by atoms with Crippen molar-refractivity contribution in [3.8, 4) is 0 Å². The molecule has 0 aliphatic rings. The fourth-order valence-corrected chi connectivity index (χ4v) is 2.45. The molecule has 1 aromatic carbocycles. The second kappa shape index (κ2) is 5.84. The van der Waals surface area contributed by atoms with Crippen LogP contribution < -0.4 is 5.32 Å². The first-order valence-electron chi connectivity index (χ1n) is 5.33. The number of halogens is 1. The molecule has 0 fully saturated rings. The van der Waals surface area contributed by atoms with Crippen LogP contribution in [0.15, 0.2) is 42.5 Å². The lowest BCUT2D eigenvalue weighted by atomic mass is 10.1. The second-order valence-corrected chi connectivity index (χ2v) is 5.31. The van der Waals surface area contributed by atoms with Crippen molar-refractivity contribution in [3.05, 3.63) is 57.2 Å². The van der Waals surface area contributed by atoms with Crippen molar-refractivity contribution in [2.75, 3.05) is 6.54 Å². The Morgan fingerprint density at radius 1 is 1.18 bits per heavy atom. The normalized spacial score (nSPS) is 10.2. The summed E-state index contributed by atoms with van der Waals surface area (Å²) in [6, 6.07) is 13.5. The number of carbonyl (C=O) groups is 1. The highest BCUT2D eigenvalue weighted by molar-refractivity contribution is 7.17. The molecule has 1 amide bonds. The molecule has 0 aliphatic carbocycles. The van der Waals surface area contributed by atoms with E-state index in [2.05, 4.69) is 5.32 Å². The molecule has 4 heteroatoms. The predicted octanol–water partition coefficient (Wildman–Crippen LogP) is 3.37. The maximum Gasteiger partial charge on any atom is 0.261 e. The van der Waals surface area contributed by atoms with E-state index in [4.69, 9.17) is 11.6 Å². The molecule has 0 atom stereocenters. The maximum atomic E-state index is 11.7. The van der Waals surface area contributed by atoms with Crippen molar-refractivity contribution in [1.82, 2.24) is 5.32 Å². The molecule has 2 rings (SSSR count). The van der Waals surface area contributed by atoms with Crippen molar-refractivity contribution in [1.29, 1.82) is 0 Å². The first kappa shape index (κ1) is 12.1. The van der Waals surface area contributed by atoms with Crippen LogP contribution in [-0.4, -0.2) is 12.5 Å². The lowest BCUT2D eigenvalue weighted by Crippen LogP contribution is -2.24. The van der Waals surface area contributed by atoms with Crippen LogP contribution in [-0.2, 0) is 6.42 Å². The average molecular weight is 266 g/mol. The van der Waals surface area contributed by atoms with E-state index in [-0.39, 0.29) is 5.91 Å². The van der Waals surface area contributed by atoms with Gasteiger partial charge in [-0.1, -0.05) is 41.9 Å². The van der Waals surface area contributed by atoms with E-state index >= 15 is 0 Å². The SMILES string of the molecule is O=C(NCCc1ccccc1)c1ccc(Cl)s1. The first-order chi connectivity index (χ1) is 8.25. The van der Waals surface area contributed by atoms with Gasteiger partial charge < -0.3 is 5.32 Å². The van der Waals surface area contributed by atoms with E-state index in [1.165, 1.54) is 16.9 Å². The van der Waals surface area contributed by atoms with Crippen LogP contribution in [0.3, 0.4) is 0 Å². The van der Waals surface area contributed by atoms with Gasteiger partial charge in [-0.3, -0.25) is 4.79 Å². The van der Waals surface area contributed by atoms with Gasteiger partial charge in [-0.2, -0.15) is 0 Å². The first-order valence-corrected chi connectivity index (χ1v) is 6.52. The highest BCUT2D eigenvalue weighted by atomic mass is 35.5. The Bertz CT molecular complexity index is 495. The van der Waals surface area contributed by atoms with Crippen LogP contribution in [0.2, 0.25) is 4.34 Å². The molecule has 0 bridgehead atoms. The molecular weight excluding hydrogens is 254 g/mol. The minimum atomic E-state index is -0.0576. The van der Waals surface area contributed by atoms with E-state index in [0.717, 1.165) is 6.42 Å². The van der Waals surface area contributed by atoms with Crippen molar-refractivity contribution < 1.29 is 4.79 Å². The molecule has 1 heterocycles. The van der Waals surface area contributed by atoms with Gasteiger partial charge in [-0.05, 0) is 24.1 Å². The Hall–Kier alpha value is -1.32. The van der Waals surface area contributed by atoms with E-state index < -0.39 is 0 Å². The van der Waals surface area contributed by atoms with E-state index in [9.17, 15) is 4.79 Å². The number of benzene rings is 1. The number of carbonyl (C=O) groups excluding carboxylic acids is 1. The molecule has 0 saturated carbocycles. The fraction of sp³-hybridized carbons (Fsp3) is 0.154. The monoisotopic (exact) mass is 265 g/mol. The van der Waals surface area contributed by atoms with Gasteiger partial charge in [0.25, 0.3) is 5.91 Å². The van der Waals surface area contributed by atoms with Crippen LogP contribution >= 0.6 is 22.9 Å². The lowest BCUT2D eigenvalue weighted by Gasteiger charge is -2.03. The van der Waals surface area contributed by atoms with Gasteiger partial charge in [0.05, 0.1) is 9.21 Å². The molecule has 17 heavy (non-hydrogen) atoms. The Morgan fingerprint density at radius 2 is 1.94 bits per heavy atom. The molecule has 0 aliphatic heterocycles. The number of hydrogen-bond donors (Lipinski definition) is 1. The standard InChI is InChI=1S/C13H12ClNOS/c14-12-7-6-11(17-12)13(16)15-9-8-10-4-2-1-3-5-10/h1-7H,8-9H2,(H,15,16). The van der Waals surface area contributed by atoms with Gasteiger partial charge in [0.2, 0.25) is 0 Å². The van der Waals surface area contributed by atoms with E-state index in [1.54, 1.807) is 12.1 Å². The summed E-state index contributed by atoms with van der Waals surface area (Å²) in [5.74, 6) is -0.0576. The zero-order valence-electron chi connectivity index (χ0n) is 9.15. The maximum absolute atomic E-state index is 11.7. The Balaban J connectivity index is 1.81. The quantitative estimate of drug-likeness (QED) is 0.902. The number of thiophene rings is 1. The molecule has 0 radical (unpaired) electrons. The van der Waals surface area contributed by atoms with Gasteiger partial charge in [0.15, 0.2) is 0 Å². The average Bonchev–Trinajstić information content (AvgIpc) is 2.77. The molecule has 1 N–H and O–H groups in total. The zero-order valence-corrected chi connectivity index (χ0v) is 10.7. The number of rotatable bonds is 4. The van der Waals surface area contributed by atoms with Crippen LogP contribution in [0.1, 0.15) is 15.2 Å². The van der Waals surface area contributed by atoms with Crippen LogP contribution in [0.25, 0.3) is 0 Å². The summed E-state index contributed by atoms with van der Waals surface area (Å²) in [4.78, 5) is 12.3. The van der Waals surface area contributed by atoms with Gasteiger partial charge >= 0.3 is 0 Å². The third kappa shape index (κ3) is 3.58. The molecule has 1 aromatic heterocycles. The summed E-state index contributed by atoms with van der Waals surface area (Å²) < 4.78 is 0.637. The third-order valence-electron chi connectivity index (χ3n) is 2.34. The highest BCUT2D eigenvalue weighted by Gasteiger charge is 2.07. The highest BCUT2D eigenvalue weighted by Crippen LogP contribution is 2.20. The number of amides is 1. The molecule has 2 aromatic rings. The molecule has 88 valence electrons. The van der Waals surface area contributed by atoms with Gasteiger partial charge in [0.1, 0.15) is 0 Å². The van der Waals surface area contributed by atoms with Crippen LogP contribution in [0.4, 0.5) is 0 Å². The van der Waals surface area contributed by atoms with E-state index in [1.807, 2.05) is 30.3 Å². The largest absolute Gasteiger partial charge is 0.351 e. The topological polar surface area (TPSA) is 29.1 Å². The predicted molar refractivity (Wildman–Crippen MR) is 71.8 cm³/mol. The fourth-order valence-electron chi connectivity index (χ4n) is 1.49. The Kier molecular flexibility index (Phi) is 4.18. The smallest absolute Gasteiger partial charge is 0.261 e.